The van der Waals surface area contributed by atoms with Gasteiger partial charge in [-0.2, -0.15) is 0 Å². The number of hydrogen-bond acceptors (Lipinski definition) is 2. The molecule has 8 atom stereocenters. The van der Waals surface area contributed by atoms with Crippen molar-refractivity contribution in [2.24, 2.45) is 44.3 Å². The van der Waals surface area contributed by atoms with Gasteiger partial charge in [0.15, 0.2) is 0 Å². The van der Waals surface area contributed by atoms with Crippen LogP contribution in [-0.2, 0) is 0 Å². The Morgan fingerprint density at radius 2 is 1.53 bits per heavy atom. The lowest BCUT2D eigenvalue weighted by Crippen LogP contribution is -2.61. The summed E-state index contributed by atoms with van der Waals surface area (Å²) in [6.07, 6.45) is 15.6. The maximum Gasteiger partial charge on any atom is 0.0594 e. The molecular weight excluding hydrogens is 392 g/mol. The first-order valence-electron chi connectivity index (χ1n) is 13.5. The van der Waals surface area contributed by atoms with Gasteiger partial charge in [0.25, 0.3) is 0 Å². The van der Waals surface area contributed by atoms with Crippen molar-refractivity contribution in [1.29, 1.82) is 0 Å². The highest BCUT2D eigenvalue weighted by atomic mass is 16.3. The lowest BCUT2D eigenvalue weighted by atomic mass is 9.36. The zero-order valence-electron chi connectivity index (χ0n) is 21.9. The Kier molecular flexibility index (Phi) is 4.88. The quantitative estimate of drug-likeness (QED) is 0.458. The third kappa shape index (κ3) is 2.72. The molecule has 0 radical (unpaired) electrons. The monoisotopic (exact) mass is 440 g/mol. The average Bonchev–Trinajstić information content (AvgIpc) is 2.74. The molecule has 2 heteroatoms. The molecule has 32 heavy (non-hydrogen) atoms. The van der Waals surface area contributed by atoms with Gasteiger partial charge in [0.2, 0.25) is 0 Å². The summed E-state index contributed by atoms with van der Waals surface area (Å²) >= 11 is 0. The summed E-state index contributed by atoms with van der Waals surface area (Å²) in [7, 11) is 0. The minimum atomic E-state index is -0.186. The highest BCUT2D eigenvalue weighted by molar-refractivity contribution is 5.49. The van der Waals surface area contributed by atoms with Crippen LogP contribution in [0.1, 0.15) is 106 Å². The van der Waals surface area contributed by atoms with E-state index in [1.54, 1.807) is 11.1 Å². The van der Waals surface area contributed by atoms with Crippen molar-refractivity contribution >= 4 is 0 Å². The topological polar surface area (TPSA) is 40.5 Å². The molecule has 0 amide bonds. The van der Waals surface area contributed by atoms with Crippen molar-refractivity contribution in [1.82, 2.24) is 0 Å². The van der Waals surface area contributed by atoms with Crippen molar-refractivity contribution in [2.45, 2.75) is 112 Å². The Morgan fingerprint density at radius 1 is 0.844 bits per heavy atom. The summed E-state index contributed by atoms with van der Waals surface area (Å²) < 4.78 is 0. The zero-order valence-corrected chi connectivity index (χ0v) is 21.9. The summed E-state index contributed by atoms with van der Waals surface area (Å²) in [6.45, 7) is 17.6. The highest BCUT2D eigenvalue weighted by Gasteiger charge is 2.65. The molecule has 5 aliphatic carbocycles. The molecular formula is C30H48O2. The standard InChI is InChI=1S/C30H48O2/c1-25(2)22-9-8-21-20(28(22,5)12-11-24(25)32)10-13-30(7)23-18-26(3,19-31)14-15-27(23,4)16-17-29(21,30)6/h8,10,22-24,31-32H,9,11-19H2,1-7H3/t22?,23?,24-,26+,27+,28+,29+,30?/m0/s1. The summed E-state index contributed by atoms with van der Waals surface area (Å²) in [4.78, 5) is 0. The molecule has 0 aromatic carbocycles. The zero-order chi connectivity index (χ0) is 23.4. The Labute approximate surface area is 197 Å². The molecule has 0 spiro atoms. The van der Waals surface area contributed by atoms with Crippen LogP contribution in [0.5, 0.6) is 0 Å². The van der Waals surface area contributed by atoms with E-state index in [0.29, 0.717) is 23.9 Å². The number of allylic oxidation sites excluding steroid dienone is 4. The Morgan fingerprint density at radius 3 is 2.22 bits per heavy atom. The molecule has 0 aromatic heterocycles. The van der Waals surface area contributed by atoms with E-state index in [9.17, 15) is 10.2 Å². The molecule has 0 aliphatic heterocycles. The van der Waals surface area contributed by atoms with Gasteiger partial charge >= 0.3 is 0 Å². The van der Waals surface area contributed by atoms with E-state index in [-0.39, 0.29) is 33.2 Å². The second-order valence-electron chi connectivity index (χ2n) is 14.7. The molecule has 5 aliphatic rings. The fourth-order valence-electron chi connectivity index (χ4n) is 9.81. The van der Waals surface area contributed by atoms with Crippen LogP contribution in [0, 0.1) is 44.3 Å². The third-order valence-corrected chi connectivity index (χ3v) is 12.7. The molecule has 3 fully saturated rings. The molecule has 0 bridgehead atoms. The van der Waals surface area contributed by atoms with E-state index >= 15 is 0 Å². The molecule has 3 saturated carbocycles. The lowest BCUT2D eigenvalue weighted by Gasteiger charge is -2.69. The second-order valence-corrected chi connectivity index (χ2v) is 14.7. The molecule has 3 unspecified atom stereocenters. The number of hydrogen-bond donors (Lipinski definition) is 2. The minimum absolute atomic E-state index is 0.0328. The van der Waals surface area contributed by atoms with E-state index in [0.717, 1.165) is 19.3 Å². The van der Waals surface area contributed by atoms with Gasteiger partial charge in [-0.3, -0.25) is 0 Å². The van der Waals surface area contributed by atoms with Gasteiger partial charge in [-0.25, -0.2) is 0 Å². The largest absolute Gasteiger partial charge is 0.396 e. The van der Waals surface area contributed by atoms with Crippen molar-refractivity contribution in [3.8, 4) is 0 Å². The first-order chi connectivity index (χ1) is 14.8. The van der Waals surface area contributed by atoms with Crippen molar-refractivity contribution in [3.05, 3.63) is 23.3 Å². The number of aliphatic hydroxyl groups is 2. The maximum atomic E-state index is 10.8. The van der Waals surface area contributed by atoms with Crippen molar-refractivity contribution in [2.75, 3.05) is 6.61 Å². The van der Waals surface area contributed by atoms with Gasteiger partial charge in [0.05, 0.1) is 6.10 Å². The van der Waals surface area contributed by atoms with E-state index < -0.39 is 0 Å². The second kappa shape index (κ2) is 6.75. The van der Waals surface area contributed by atoms with E-state index in [4.69, 9.17) is 0 Å². The predicted octanol–water partition coefficient (Wildman–Crippen LogP) is 7.06. The Hall–Kier alpha value is -0.600. The van der Waals surface area contributed by atoms with Crippen LogP contribution in [0.4, 0.5) is 0 Å². The van der Waals surface area contributed by atoms with Gasteiger partial charge in [0, 0.05) is 6.61 Å². The minimum Gasteiger partial charge on any atom is -0.396 e. The van der Waals surface area contributed by atoms with E-state index in [1.807, 2.05) is 0 Å². The van der Waals surface area contributed by atoms with Crippen LogP contribution in [0.15, 0.2) is 23.3 Å². The molecule has 2 nitrogen and oxygen atoms in total. The number of rotatable bonds is 1. The summed E-state index contributed by atoms with van der Waals surface area (Å²) in [5.41, 5.74) is 4.40. The van der Waals surface area contributed by atoms with Crippen LogP contribution >= 0.6 is 0 Å². The summed E-state index contributed by atoms with van der Waals surface area (Å²) in [5.74, 6) is 1.18. The smallest absolute Gasteiger partial charge is 0.0594 e. The fraction of sp³-hybridized carbons (Fsp3) is 0.867. The number of aliphatic hydroxyl groups excluding tert-OH is 2. The normalized spacial score (nSPS) is 54.3. The number of fused-ring (bicyclic) bond motifs is 7. The van der Waals surface area contributed by atoms with Gasteiger partial charge in [0.1, 0.15) is 0 Å². The van der Waals surface area contributed by atoms with E-state index in [2.05, 4.69) is 60.6 Å². The van der Waals surface area contributed by atoms with Crippen LogP contribution in [0.25, 0.3) is 0 Å². The average molecular weight is 441 g/mol. The van der Waals surface area contributed by atoms with Gasteiger partial charge in [-0.05, 0) is 113 Å². The Bertz CT molecular complexity index is 868. The van der Waals surface area contributed by atoms with Crippen LogP contribution < -0.4 is 0 Å². The van der Waals surface area contributed by atoms with Gasteiger partial charge in [-0.1, -0.05) is 60.6 Å². The molecule has 5 rings (SSSR count). The maximum absolute atomic E-state index is 10.8. The highest BCUT2D eigenvalue weighted by Crippen LogP contribution is 2.74. The van der Waals surface area contributed by atoms with Crippen LogP contribution in [0.3, 0.4) is 0 Å². The fourth-order valence-corrected chi connectivity index (χ4v) is 9.81. The van der Waals surface area contributed by atoms with Crippen LogP contribution in [0.2, 0.25) is 0 Å². The van der Waals surface area contributed by atoms with Crippen molar-refractivity contribution < 1.29 is 10.2 Å². The van der Waals surface area contributed by atoms with Crippen LogP contribution in [-0.4, -0.2) is 22.9 Å². The molecule has 0 saturated heterocycles. The first kappa shape index (κ1) is 23.2. The molecule has 180 valence electrons. The van der Waals surface area contributed by atoms with Gasteiger partial charge in [-0.15, -0.1) is 0 Å². The Balaban J connectivity index is 1.59. The summed E-state index contributed by atoms with van der Waals surface area (Å²) in [6, 6.07) is 0. The predicted molar refractivity (Wildman–Crippen MR) is 132 cm³/mol. The first-order valence-corrected chi connectivity index (χ1v) is 13.5. The van der Waals surface area contributed by atoms with Crippen molar-refractivity contribution in [3.63, 3.8) is 0 Å². The molecule has 2 N–H and O–H groups in total. The SMILES string of the molecule is CC1(C)C2CC=C3C(=CCC4(C)C5C[C@](C)(CO)CC[C@]5(C)CC[C@]34C)[C@@]2(C)CC[C@@H]1O. The molecule has 0 heterocycles. The van der Waals surface area contributed by atoms with E-state index in [1.165, 1.54) is 38.5 Å². The summed E-state index contributed by atoms with van der Waals surface area (Å²) in [5, 5.41) is 21.1. The van der Waals surface area contributed by atoms with Gasteiger partial charge < -0.3 is 10.2 Å². The third-order valence-electron chi connectivity index (χ3n) is 12.7. The molecule has 0 aromatic rings. The lowest BCUT2D eigenvalue weighted by molar-refractivity contribution is -0.150.